The van der Waals surface area contributed by atoms with Crippen LogP contribution in [0.3, 0.4) is 0 Å². The summed E-state index contributed by atoms with van der Waals surface area (Å²) >= 11 is 4.99. The van der Waals surface area contributed by atoms with Crippen LogP contribution in [0.15, 0.2) is 59.1 Å². The summed E-state index contributed by atoms with van der Waals surface area (Å²) in [5.74, 6) is 0.249. The molecule has 1 aliphatic carbocycles. The second-order valence-electron chi connectivity index (χ2n) is 9.97. The topological polar surface area (TPSA) is 58.2 Å². The number of carbonyl (C=O) groups excluding carboxylic acids is 2. The van der Waals surface area contributed by atoms with Crippen LogP contribution in [0.5, 0.6) is 0 Å². The molecule has 1 heterocycles. The van der Waals surface area contributed by atoms with Gasteiger partial charge < -0.3 is 10.6 Å². The van der Waals surface area contributed by atoms with Gasteiger partial charge in [0, 0.05) is 21.5 Å². The van der Waals surface area contributed by atoms with Gasteiger partial charge in [-0.3, -0.25) is 9.59 Å². The molecule has 1 unspecified atom stereocenters. The molecule has 178 valence electrons. The van der Waals surface area contributed by atoms with E-state index >= 15 is 0 Å². The first kappa shape index (κ1) is 24.7. The van der Waals surface area contributed by atoms with Crippen molar-refractivity contribution in [1.29, 1.82) is 0 Å². The first-order valence-corrected chi connectivity index (χ1v) is 13.4. The van der Waals surface area contributed by atoms with Crippen molar-refractivity contribution in [3.05, 3.63) is 86.2 Å². The molecule has 2 aromatic carbocycles. The Bertz CT molecular complexity index is 1180. The lowest BCUT2D eigenvalue weighted by atomic mass is 9.72. The fourth-order valence-electron chi connectivity index (χ4n) is 4.51. The van der Waals surface area contributed by atoms with E-state index in [1.165, 1.54) is 10.4 Å². The predicted octanol–water partition coefficient (Wildman–Crippen LogP) is 6.89. The zero-order chi connectivity index (χ0) is 24.3. The van der Waals surface area contributed by atoms with E-state index < -0.39 is 0 Å². The van der Waals surface area contributed by atoms with Crippen molar-refractivity contribution in [2.75, 3.05) is 11.9 Å². The summed E-state index contributed by atoms with van der Waals surface area (Å²) in [5.41, 5.74) is 3.70. The molecule has 2 amide bonds. The molecule has 4 nitrogen and oxygen atoms in total. The Labute approximate surface area is 214 Å². The van der Waals surface area contributed by atoms with Crippen molar-refractivity contribution in [3.63, 3.8) is 0 Å². The Balaban J connectivity index is 1.58. The molecule has 1 atom stereocenters. The maximum atomic E-state index is 13.4. The van der Waals surface area contributed by atoms with Gasteiger partial charge in [0.25, 0.3) is 11.8 Å². The third kappa shape index (κ3) is 5.78. The van der Waals surface area contributed by atoms with Crippen LogP contribution in [0.25, 0.3) is 0 Å². The van der Waals surface area contributed by atoms with E-state index in [1.807, 2.05) is 30.3 Å². The van der Waals surface area contributed by atoms with Crippen LogP contribution in [-0.2, 0) is 19.3 Å². The first-order valence-electron chi connectivity index (χ1n) is 11.8. The number of thiophene rings is 1. The van der Waals surface area contributed by atoms with Crippen LogP contribution in [0.4, 0.5) is 5.00 Å². The lowest BCUT2D eigenvalue weighted by molar-refractivity contribution is 0.0954. The average molecular weight is 540 g/mol. The fourth-order valence-corrected chi connectivity index (χ4v) is 6.23. The zero-order valence-corrected chi connectivity index (χ0v) is 22.3. The van der Waals surface area contributed by atoms with Gasteiger partial charge in [-0.25, -0.2) is 0 Å². The third-order valence-corrected chi connectivity index (χ3v) is 8.24. The minimum absolute atomic E-state index is 0.104. The van der Waals surface area contributed by atoms with Crippen molar-refractivity contribution >= 4 is 44.1 Å². The molecule has 0 spiro atoms. The highest BCUT2D eigenvalue weighted by Gasteiger charge is 2.34. The first-order chi connectivity index (χ1) is 16.2. The number of anilines is 1. The molecule has 0 radical (unpaired) electrons. The zero-order valence-electron chi connectivity index (χ0n) is 19.9. The second kappa shape index (κ2) is 10.4. The van der Waals surface area contributed by atoms with Gasteiger partial charge in [0.05, 0.1) is 5.56 Å². The van der Waals surface area contributed by atoms with Gasteiger partial charge in [-0.2, -0.15) is 0 Å². The van der Waals surface area contributed by atoms with E-state index in [2.05, 4.69) is 59.5 Å². The molecule has 4 rings (SSSR count). The molecule has 0 aliphatic heterocycles. The van der Waals surface area contributed by atoms with Crippen molar-refractivity contribution < 1.29 is 9.59 Å². The minimum atomic E-state index is -0.203. The van der Waals surface area contributed by atoms with Gasteiger partial charge >= 0.3 is 0 Å². The van der Waals surface area contributed by atoms with E-state index in [0.717, 1.165) is 35.7 Å². The number of carbonyl (C=O) groups is 2. The Morgan fingerprint density at radius 2 is 1.82 bits per heavy atom. The maximum Gasteiger partial charge on any atom is 0.256 e. The molecule has 34 heavy (non-hydrogen) atoms. The summed E-state index contributed by atoms with van der Waals surface area (Å²) in [5, 5.41) is 6.80. The highest BCUT2D eigenvalue weighted by Crippen LogP contribution is 2.44. The quantitative estimate of drug-likeness (QED) is 0.359. The smallest absolute Gasteiger partial charge is 0.256 e. The Morgan fingerprint density at radius 1 is 1.06 bits per heavy atom. The number of benzene rings is 2. The number of rotatable bonds is 6. The molecule has 0 bridgehead atoms. The molecule has 1 aromatic heterocycles. The summed E-state index contributed by atoms with van der Waals surface area (Å²) < 4.78 is 0.845. The van der Waals surface area contributed by atoms with Gasteiger partial charge in [-0.05, 0) is 66.3 Å². The largest absolute Gasteiger partial charge is 0.352 e. The van der Waals surface area contributed by atoms with Crippen LogP contribution in [0.1, 0.15) is 63.9 Å². The van der Waals surface area contributed by atoms with Crippen LogP contribution in [0.2, 0.25) is 0 Å². The number of halogens is 1. The number of nitrogens with one attached hydrogen (secondary N) is 2. The SMILES string of the molecule is CC(C)(C)C1CCc2c(sc(NC(=O)c3cccc(Br)c3)c2C(=O)NCCc2ccccc2)C1. The van der Waals surface area contributed by atoms with Crippen LogP contribution in [-0.4, -0.2) is 18.4 Å². The van der Waals surface area contributed by atoms with Gasteiger partial charge in [-0.15, -0.1) is 11.3 Å². The molecule has 6 heteroatoms. The standard InChI is InChI=1S/C28H31BrN2O2S/c1-28(2,3)20-12-13-22-23(17-20)34-27(31-25(32)19-10-7-11-21(29)16-19)24(22)26(33)30-15-14-18-8-5-4-6-9-18/h4-11,16,20H,12-15,17H2,1-3H3,(H,30,33)(H,31,32). The number of fused-ring (bicyclic) bond motifs is 1. The molecular weight excluding hydrogens is 508 g/mol. The lowest BCUT2D eigenvalue weighted by Gasteiger charge is -2.33. The van der Waals surface area contributed by atoms with Crippen molar-refractivity contribution in [1.82, 2.24) is 5.32 Å². The summed E-state index contributed by atoms with van der Waals surface area (Å²) in [7, 11) is 0. The average Bonchev–Trinajstić information content (AvgIpc) is 3.16. The summed E-state index contributed by atoms with van der Waals surface area (Å²) in [6.45, 7) is 7.40. The molecule has 0 fully saturated rings. The van der Waals surface area contributed by atoms with Gasteiger partial charge in [-0.1, -0.05) is 73.1 Å². The summed E-state index contributed by atoms with van der Waals surface area (Å²) in [6.07, 6.45) is 3.63. The van der Waals surface area contributed by atoms with E-state index in [4.69, 9.17) is 0 Å². The van der Waals surface area contributed by atoms with Crippen LogP contribution < -0.4 is 10.6 Å². The number of hydrogen-bond donors (Lipinski definition) is 2. The Hall–Kier alpha value is -2.44. The van der Waals surface area contributed by atoms with Gasteiger partial charge in [0.15, 0.2) is 0 Å². The third-order valence-electron chi connectivity index (χ3n) is 6.57. The molecule has 1 aliphatic rings. The monoisotopic (exact) mass is 538 g/mol. The molecule has 0 saturated carbocycles. The van der Waals surface area contributed by atoms with Crippen molar-refractivity contribution in [2.24, 2.45) is 11.3 Å². The summed E-state index contributed by atoms with van der Waals surface area (Å²) in [4.78, 5) is 27.6. The Morgan fingerprint density at radius 3 is 2.53 bits per heavy atom. The van der Waals surface area contributed by atoms with Crippen molar-refractivity contribution in [2.45, 2.75) is 46.5 Å². The highest BCUT2D eigenvalue weighted by atomic mass is 79.9. The van der Waals surface area contributed by atoms with E-state index in [0.29, 0.717) is 28.6 Å². The van der Waals surface area contributed by atoms with E-state index in [-0.39, 0.29) is 17.2 Å². The van der Waals surface area contributed by atoms with Crippen molar-refractivity contribution in [3.8, 4) is 0 Å². The van der Waals surface area contributed by atoms with Crippen LogP contribution in [0, 0.1) is 11.3 Å². The van der Waals surface area contributed by atoms with Gasteiger partial charge in [0.2, 0.25) is 0 Å². The molecule has 2 N–H and O–H groups in total. The highest BCUT2D eigenvalue weighted by molar-refractivity contribution is 9.10. The maximum absolute atomic E-state index is 13.4. The molecule has 3 aromatic rings. The fraction of sp³-hybridized carbons (Fsp3) is 0.357. The predicted molar refractivity (Wildman–Crippen MR) is 144 cm³/mol. The Kier molecular flexibility index (Phi) is 7.58. The van der Waals surface area contributed by atoms with E-state index in [1.54, 1.807) is 23.5 Å². The lowest BCUT2D eigenvalue weighted by Crippen LogP contribution is -2.29. The van der Waals surface area contributed by atoms with E-state index in [9.17, 15) is 9.59 Å². The van der Waals surface area contributed by atoms with Gasteiger partial charge in [0.1, 0.15) is 5.00 Å². The molecular formula is C28H31BrN2O2S. The number of amides is 2. The molecule has 0 saturated heterocycles. The minimum Gasteiger partial charge on any atom is -0.352 e. The number of hydrogen-bond acceptors (Lipinski definition) is 3. The summed E-state index contributed by atoms with van der Waals surface area (Å²) in [6, 6.07) is 17.4. The normalized spacial score (nSPS) is 15.5. The van der Waals surface area contributed by atoms with Crippen LogP contribution >= 0.6 is 27.3 Å². The second-order valence-corrected chi connectivity index (χ2v) is 12.0.